The van der Waals surface area contributed by atoms with Gasteiger partial charge >= 0.3 is 11.4 Å². The second-order valence-electron chi connectivity index (χ2n) is 2.38. The van der Waals surface area contributed by atoms with Crippen molar-refractivity contribution in [2.45, 2.75) is 0 Å². The van der Waals surface area contributed by atoms with Crippen LogP contribution in [0.5, 0.6) is 0 Å². The minimum absolute atomic E-state index is 0.0465. The van der Waals surface area contributed by atoms with E-state index in [0.29, 0.717) is 0 Å². The molecule has 9 nitrogen and oxygen atoms in total. The third-order valence-electron chi connectivity index (χ3n) is 1.51. The smallest absolute Gasteiger partial charge is 0.258 e. The zero-order valence-corrected chi connectivity index (χ0v) is 7.10. The highest BCUT2D eigenvalue weighted by Crippen LogP contribution is 2.30. The van der Waals surface area contributed by atoms with E-state index in [1.54, 1.807) is 0 Å². The van der Waals surface area contributed by atoms with Crippen LogP contribution in [-0.4, -0.2) is 9.85 Å². The normalized spacial score (nSPS) is 9.07. The molecular weight excluding hydrogens is 206 g/mol. The molecule has 0 aromatic heterocycles. The van der Waals surface area contributed by atoms with E-state index in [0.717, 1.165) is 18.2 Å². The molecule has 0 saturated heterocycles. The zero-order valence-electron chi connectivity index (χ0n) is 7.10. The maximum absolute atomic E-state index is 10.4. The highest BCUT2D eigenvalue weighted by Gasteiger charge is 2.23. The molecule has 76 valence electrons. The lowest BCUT2D eigenvalue weighted by atomic mass is 10.2. The molecule has 9 heteroatoms. The number of hydrogen-bond donors (Lipinski definition) is 0. The predicted octanol–water partition coefficient (Wildman–Crippen LogP) is 2.44. The number of nitro groups is 2. The van der Waals surface area contributed by atoms with Crippen molar-refractivity contribution in [2.75, 3.05) is 0 Å². The van der Waals surface area contributed by atoms with Crippen LogP contribution in [0.15, 0.2) is 23.3 Å². The lowest BCUT2D eigenvalue weighted by molar-refractivity contribution is -0.422. The second-order valence-corrected chi connectivity index (χ2v) is 2.38. The first-order valence-electron chi connectivity index (χ1n) is 3.54. The van der Waals surface area contributed by atoms with Gasteiger partial charge in [0.05, 0.1) is 9.85 Å². The first kappa shape index (κ1) is 10.4. The lowest BCUT2D eigenvalue weighted by Crippen LogP contribution is -1.95. The fourth-order valence-corrected chi connectivity index (χ4v) is 0.926. The predicted molar refractivity (Wildman–Crippen MR) is 48.6 cm³/mol. The highest BCUT2D eigenvalue weighted by atomic mass is 16.6. The summed E-state index contributed by atoms with van der Waals surface area (Å²) in [4.78, 5) is 21.5. The Bertz CT molecular complexity index is 478. The van der Waals surface area contributed by atoms with Crippen molar-refractivity contribution in [1.29, 1.82) is 0 Å². The van der Waals surface area contributed by atoms with E-state index in [-0.39, 0.29) is 5.69 Å². The van der Waals surface area contributed by atoms with Crippen LogP contribution in [0.25, 0.3) is 10.4 Å². The van der Waals surface area contributed by atoms with Crippen molar-refractivity contribution in [1.82, 2.24) is 0 Å². The van der Waals surface area contributed by atoms with Gasteiger partial charge in [0.15, 0.2) is 0 Å². The first-order chi connectivity index (χ1) is 7.06. The Morgan fingerprint density at radius 2 is 1.80 bits per heavy atom. The van der Waals surface area contributed by atoms with Gasteiger partial charge in [-0.15, -0.1) is 0 Å². The Balaban J connectivity index is 3.39. The Kier molecular flexibility index (Phi) is 2.79. The molecule has 15 heavy (non-hydrogen) atoms. The zero-order chi connectivity index (χ0) is 11.4. The molecule has 0 heterocycles. The molecule has 0 amide bonds. The molecule has 0 spiro atoms. The van der Waals surface area contributed by atoms with Crippen LogP contribution in [0.2, 0.25) is 0 Å². The third-order valence-corrected chi connectivity index (χ3v) is 1.51. The van der Waals surface area contributed by atoms with Crippen molar-refractivity contribution in [3.8, 4) is 0 Å². The second kappa shape index (κ2) is 4.03. The molecule has 0 fully saturated rings. The van der Waals surface area contributed by atoms with Crippen LogP contribution in [0, 0.1) is 20.2 Å². The van der Waals surface area contributed by atoms with Crippen molar-refractivity contribution >= 4 is 17.1 Å². The first-order valence-corrected chi connectivity index (χ1v) is 3.54. The highest BCUT2D eigenvalue weighted by molar-refractivity contribution is 5.59. The molecule has 0 aliphatic heterocycles. The Morgan fingerprint density at radius 3 is 2.27 bits per heavy atom. The van der Waals surface area contributed by atoms with Crippen LogP contribution < -0.4 is 0 Å². The number of azide groups is 1. The van der Waals surface area contributed by atoms with Gasteiger partial charge in [-0.05, 0) is 11.6 Å². The standard InChI is InChI=1S/C6H3N5O4/c7-9-8-4-1-2-5(10(12)13)6(3-4)11(14)15/h1-3H. The van der Waals surface area contributed by atoms with Crippen LogP contribution in [-0.2, 0) is 0 Å². The minimum atomic E-state index is -0.908. The van der Waals surface area contributed by atoms with Crippen molar-refractivity contribution in [3.63, 3.8) is 0 Å². The van der Waals surface area contributed by atoms with Crippen LogP contribution in [0.4, 0.5) is 17.1 Å². The van der Waals surface area contributed by atoms with Gasteiger partial charge in [-0.1, -0.05) is 5.11 Å². The summed E-state index contributed by atoms with van der Waals surface area (Å²) in [5.41, 5.74) is 6.69. The Morgan fingerprint density at radius 1 is 1.20 bits per heavy atom. The summed E-state index contributed by atoms with van der Waals surface area (Å²) in [6.45, 7) is 0. The molecule has 1 rings (SSSR count). The lowest BCUT2D eigenvalue weighted by Gasteiger charge is -1.95. The molecular formula is C6H3N5O4. The van der Waals surface area contributed by atoms with Gasteiger partial charge < -0.3 is 0 Å². The molecule has 1 aromatic rings. The third kappa shape index (κ3) is 2.17. The summed E-state index contributed by atoms with van der Waals surface area (Å²) in [7, 11) is 0. The van der Waals surface area contributed by atoms with E-state index < -0.39 is 21.2 Å². The van der Waals surface area contributed by atoms with Gasteiger partial charge in [-0.2, -0.15) is 0 Å². The molecule has 0 aliphatic rings. The molecule has 0 bridgehead atoms. The van der Waals surface area contributed by atoms with Crippen LogP contribution >= 0.6 is 0 Å². The van der Waals surface area contributed by atoms with Crippen molar-refractivity contribution in [2.24, 2.45) is 5.11 Å². The van der Waals surface area contributed by atoms with Gasteiger partial charge in [0.25, 0.3) is 0 Å². The maximum Gasteiger partial charge on any atom is 0.346 e. The Hall–Kier alpha value is -2.67. The van der Waals surface area contributed by atoms with Crippen molar-refractivity contribution in [3.05, 3.63) is 48.9 Å². The summed E-state index contributed by atoms with van der Waals surface area (Å²) < 4.78 is 0. The van der Waals surface area contributed by atoms with Crippen LogP contribution in [0.3, 0.4) is 0 Å². The average Bonchev–Trinajstić information content (AvgIpc) is 2.17. The molecule has 0 aliphatic carbocycles. The maximum atomic E-state index is 10.4. The van der Waals surface area contributed by atoms with Gasteiger partial charge in [-0.3, -0.25) is 20.2 Å². The van der Waals surface area contributed by atoms with E-state index >= 15 is 0 Å². The molecule has 0 unspecified atom stereocenters. The molecule has 1 aromatic carbocycles. The summed E-state index contributed by atoms with van der Waals surface area (Å²) >= 11 is 0. The quantitative estimate of drug-likeness (QED) is 0.248. The van der Waals surface area contributed by atoms with E-state index in [1.807, 2.05) is 0 Å². The molecule has 0 atom stereocenters. The van der Waals surface area contributed by atoms with Gasteiger partial charge in [0.2, 0.25) is 0 Å². The summed E-state index contributed by atoms with van der Waals surface area (Å²) in [5.74, 6) is 0. The summed E-state index contributed by atoms with van der Waals surface area (Å²) in [6.07, 6.45) is 0. The van der Waals surface area contributed by atoms with Gasteiger partial charge in [0, 0.05) is 22.7 Å². The fourth-order valence-electron chi connectivity index (χ4n) is 0.926. The van der Waals surface area contributed by atoms with E-state index in [9.17, 15) is 20.2 Å². The summed E-state index contributed by atoms with van der Waals surface area (Å²) in [6, 6.07) is 2.89. The number of rotatable bonds is 3. The van der Waals surface area contributed by atoms with Crippen LogP contribution in [0.1, 0.15) is 0 Å². The molecule has 0 radical (unpaired) electrons. The van der Waals surface area contributed by atoms with E-state index in [1.165, 1.54) is 0 Å². The largest absolute Gasteiger partial charge is 0.346 e. The molecule has 0 saturated carbocycles. The monoisotopic (exact) mass is 209 g/mol. The number of benzene rings is 1. The van der Waals surface area contributed by atoms with Crippen molar-refractivity contribution < 1.29 is 9.85 Å². The topological polar surface area (TPSA) is 135 Å². The Labute approximate surface area is 81.9 Å². The number of hydrogen-bond acceptors (Lipinski definition) is 5. The average molecular weight is 209 g/mol. The minimum Gasteiger partial charge on any atom is -0.258 e. The summed E-state index contributed by atoms with van der Waals surface area (Å²) in [5, 5.41) is 23.9. The number of nitro benzene ring substituents is 2. The van der Waals surface area contributed by atoms with E-state index in [2.05, 4.69) is 10.0 Å². The SMILES string of the molecule is [N-]=[N+]=Nc1ccc([N+](=O)[O-])c([N+](=O)[O-])c1. The van der Waals surface area contributed by atoms with Gasteiger partial charge in [-0.25, -0.2) is 0 Å². The number of nitrogens with zero attached hydrogens (tertiary/aromatic N) is 5. The molecule has 0 N–H and O–H groups in total. The van der Waals surface area contributed by atoms with E-state index in [4.69, 9.17) is 5.53 Å². The van der Waals surface area contributed by atoms with Gasteiger partial charge in [0.1, 0.15) is 0 Å². The fraction of sp³-hybridized carbons (Fsp3) is 0.